The maximum absolute atomic E-state index is 14.6. The van der Waals surface area contributed by atoms with Crippen molar-refractivity contribution in [3.63, 3.8) is 0 Å². The van der Waals surface area contributed by atoms with Crippen LogP contribution in [0.25, 0.3) is 0 Å². The van der Waals surface area contributed by atoms with Crippen LogP contribution in [0.3, 0.4) is 0 Å². The van der Waals surface area contributed by atoms with Crippen LogP contribution in [0.5, 0.6) is 0 Å². The van der Waals surface area contributed by atoms with Gasteiger partial charge in [-0.05, 0) is 43.2 Å². The summed E-state index contributed by atoms with van der Waals surface area (Å²) >= 11 is 0. The van der Waals surface area contributed by atoms with Gasteiger partial charge in [0.15, 0.2) is 11.6 Å². The van der Waals surface area contributed by atoms with Crippen molar-refractivity contribution in [1.29, 1.82) is 0 Å². The summed E-state index contributed by atoms with van der Waals surface area (Å²) in [5.41, 5.74) is -1.80. The van der Waals surface area contributed by atoms with Gasteiger partial charge in [0.05, 0.1) is 5.56 Å². The molecule has 2 aromatic carbocycles. The molecule has 0 atom stereocenters. The molecule has 0 aliphatic carbocycles. The maximum atomic E-state index is 14.6. The number of carbonyl (C=O) groups is 2. The number of rotatable bonds is 5. The number of hydrogen-bond donors (Lipinski definition) is 2. The Morgan fingerprint density at radius 1 is 0.933 bits per heavy atom. The van der Waals surface area contributed by atoms with Crippen molar-refractivity contribution in [2.24, 2.45) is 0 Å². The highest BCUT2D eigenvalue weighted by Gasteiger charge is 2.44. The number of ether oxygens (including phenoxy) is 1. The molecule has 10 heteroatoms. The predicted octanol–water partition coefficient (Wildman–Crippen LogP) is 3.74. The Morgan fingerprint density at radius 2 is 1.60 bits per heavy atom. The van der Waals surface area contributed by atoms with Crippen LogP contribution in [0.15, 0.2) is 36.4 Å². The maximum Gasteiger partial charge on any atom is 0.352 e. The normalized spacial score (nSPS) is 15.0. The molecule has 5 nitrogen and oxygen atoms in total. The van der Waals surface area contributed by atoms with Crippen LogP contribution < -0.4 is 10.6 Å². The highest BCUT2D eigenvalue weighted by atomic mass is 19.3. The number of halogens is 5. The summed E-state index contributed by atoms with van der Waals surface area (Å²) in [5, 5.41) is 4.36. The molecule has 2 N–H and O–H groups in total. The van der Waals surface area contributed by atoms with Crippen LogP contribution in [0, 0.1) is 17.5 Å². The molecule has 0 aromatic heterocycles. The van der Waals surface area contributed by atoms with Crippen LogP contribution in [0.1, 0.15) is 28.8 Å². The van der Waals surface area contributed by atoms with E-state index in [0.29, 0.717) is 44.3 Å². The molecule has 1 saturated heterocycles. The summed E-state index contributed by atoms with van der Waals surface area (Å²) in [7, 11) is 0. The summed E-state index contributed by atoms with van der Waals surface area (Å²) in [5.74, 6) is -10.6. The van der Waals surface area contributed by atoms with E-state index in [9.17, 15) is 31.5 Å². The number of alkyl halides is 2. The molecule has 0 unspecified atom stereocenters. The monoisotopic (exact) mass is 428 g/mol. The molecular formula is C20H17F5N2O3. The Labute approximate surface area is 168 Å². The van der Waals surface area contributed by atoms with E-state index in [1.54, 1.807) is 0 Å². The molecule has 0 saturated carbocycles. The fraction of sp³-hybridized carbons (Fsp3) is 0.300. The van der Waals surface area contributed by atoms with E-state index in [4.69, 9.17) is 4.74 Å². The zero-order valence-corrected chi connectivity index (χ0v) is 15.5. The summed E-state index contributed by atoms with van der Waals surface area (Å²) in [6.45, 7) is 0.620. The summed E-state index contributed by atoms with van der Waals surface area (Å²) < 4.78 is 74.7. The van der Waals surface area contributed by atoms with Crippen LogP contribution in [-0.4, -0.2) is 31.1 Å². The number of carbonyl (C=O) groups excluding carboxylic acids is 2. The van der Waals surface area contributed by atoms with E-state index in [2.05, 4.69) is 10.6 Å². The summed E-state index contributed by atoms with van der Waals surface area (Å²) in [6.07, 6.45) is 0.696. The van der Waals surface area contributed by atoms with Crippen molar-refractivity contribution in [1.82, 2.24) is 5.32 Å². The molecule has 1 fully saturated rings. The first-order chi connectivity index (χ1) is 14.2. The first-order valence-corrected chi connectivity index (χ1v) is 9.01. The van der Waals surface area contributed by atoms with E-state index in [0.717, 1.165) is 18.2 Å². The van der Waals surface area contributed by atoms with Crippen molar-refractivity contribution in [3.05, 3.63) is 65.0 Å². The first kappa shape index (κ1) is 21.7. The minimum atomic E-state index is -4.24. The topological polar surface area (TPSA) is 67.4 Å². The average molecular weight is 428 g/mol. The van der Waals surface area contributed by atoms with E-state index >= 15 is 0 Å². The van der Waals surface area contributed by atoms with Crippen LogP contribution in [-0.2, 0) is 15.5 Å². The van der Waals surface area contributed by atoms with Gasteiger partial charge in [0.1, 0.15) is 5.82 Å². The van der Waals surface area contributed by atoms with Crippen molar-refractivity contribution < 1.29 is 36.3 Å². The Kier molecular flexibility index (Phi) is 6.35. The van der Waals surface area contributed by atoms with Gasteiger partial charge in [-0.25, -0.2) is 13.2 Å². The molecule has 1 heterocycles. The van der Waals surface area contributed by atoms with E-state index in [1.807, 2.05) is 0 Å². The zero-order valence-electron chi connectivity index (χ0n) is 15.5. The SMILES string of the molecule is O=C(Nc1ccc(F)c(F)c1)c1ccc(F)c(C(F)(F)C(=O)NC2CCOCC2)c1. The third-order valence-electron chi connectivity index (χ3n) is 4.59. The van der Waals surface area contributed by atoms with Gasteiger partial charge >= 0.3 is 5.92 Å². The van der Waals surface area contributed by atoms with Gasteiger partial charge < -0.3 is 15.4 Å². The third kappa shape index (κ3) is 4.76. The Morgan fingerprint density at radius 3 is 2.27 bits per heavy atom. The van der Waals surface area contributed by atoms with Crippen molar-refractivity contribution in [2.75, 3.05) is 18.5 Å². The minimum absolute atomic E-state index is 0.131. The molecule has 160 valence electrons. The van der Waals surface area contributed by atoms with E-state index in [-0.39, 0.29) is 5.69 Å². The lowest BCUT2D eigenvalue weighted by Gasteiger charge is -2.26. The Hall–Kier alpha value is -3.01. The average Bonchev–Trinajstić information content (AvgIpc) is 2.71. The largest absolute Gasteiger partial charge is 0.381 e. The number of amides is 2. The molecule has 1 aliphatic heterocycles. The van der Waals surface area contributed by atoms with Gasteiger partial charge in [0.2, 0.25) is 0 Å². The third-order valence-corrected chi connectivity index (χ3v) is 4.59. The Balaban J connectivity index is 1.79. The smallest absolute Gasteiger partial charge is 0.352 e. The summed E-state index contributed by atoms with van der Waals surface area (Å²) in [4.78, 5) is 24.4. The quantitative estimate of drug-likeness (QED) is 0.713. The lowest BCUT2D eigenvalue weighted by Crippen LogP contribution is -2.46. The Bertz CT molecular complexity index is 961. The van der Waals surface area contributed by atoms with Crippen LogP contribution >= 0.6 is 0 Å². The van der Waals surface area contributed by atoms with Gasteiger partial charge in [-0.1, -0.05) is 0 Å². The van der Waals surface area contributed by atoms with E-state index < -0.39 is 52.4 Å². The van der Waals surface area contributed by atoms with Gasteiger partial charge in [0, 0.05) is 36.6 Å². The van der Waals surface area contributed by atoms with Gasteiger partial charge in [0.25, 0.3) is 11.8 Å². The predicted molar refractivity (Wildman–Crippen MR) is 96.6 cm³/mol. The summed E-state index contributed by atoms with van der Waals surface area (Å²) in [6, 6.07) is 4.12. The molecule has 2 aromatic rings. The fourth-order valence-corrected chi connectivity index (χ4v) is 2.92. The number of benzene rings is 2. The van der Waals surface area contributed by atoms with Gasteiger partial charge in [-0.15, -0.1) is 0 Å². The fourth-order valence-electron chi connectivity index (χ4n) is 2.92. The van der Waals surface area contributed by atoms with Crippen molar-refractivity contribution in [3.8, 4) is 0 Å². The molecule has 0 bridgehead atoms. The number of anilines is 1. The molecular weight excluding hydrogens is 411 g/mol. The minimum Gasteiger partial charge on any atom is -0.381 e. The van der Waals surface area contributed by atoms with Crippen molar-refractivity contribution in [2.45, 2.75) is 24.8 Å². The van der Waals surface area contributed by atoms with Gasteiger partial charge in [-0.3, -0.25) is 9.59 Å². The number of nitrogens with one attached hydrogen (secondary N) is 2. The van der Waals surface area contributed by atoms with Crippen molar-refractivity contribution >= 4 is 17.5 Å². The lowest BCUT2D eigenvalue weighted by atomic mass is 10.0. The van der Waals surface area contributed by atoms with E-state index in [1.165, 1.54) is 0 Å². The lowest BCUT2D eigenvalue weighted by molar-refractivity contribution is -0.148. The van der Waals surface area contributed by atoms with Crippen LogP contribution in [0.2, 0.25) is 0 Å². The standard InChI is InChI=1S/C20H17F5N2O3/c21-15-3-1-11(18(28)26-13-2-4-16(22)17(23)10-13)9-14(15)20(24,25)19(29)27-12-5-7-30-8-6-12/h1-4,9-10,12H,5-8H2,(H,26,28)(H,27,29). The molecule has 1 aliphatic rings. The molecule has 30 heavy (non-hydrogen) atoms. The van der Waals surface area contributed by atoms with Gasteiger partial charge in [-0.2, -0.15) is 8.78 Å². The molecule has 0 radical (unpaired) electrons. The second-order valence-corrected chi connectivity index (χ2v) is 6.71. The van der Waals surface area contributed by atoms with Crippen LogP contribution in [0.4, 0.5) is 27.6 Å². The molecule has 0 spiro atoms. The second kappa shape index (κ2) is 8.78. The first-order valence-electron chi connectivity index (χ1n) is 9.01. The number of hydrogen-bond acceptors (Lipinski definition) is 3. The zero-order chi connectivity index (χ0) is 21.9. The second-order valence-electron chi connectivity index (χ2n) is 6.71. The molecule has 2 amide bonds. The highest BCUT2D eigenvalue weighted by Crippen LogP contribution is 2.32. The highest BCUT2D eigenvalue weighted by molar-refractivity contribution is 6.04. The molecule has 3 rings (SSSR count).